The van der Waals surface area contributed by atoms with Crippen LogP contribution in [-0.4, -0.2) is 38.0 Å². The molecule has 0 radical (unpaired) electrons. The van der Waals surface area contributed by atoms with Gasteiger partial charge in [-0.05, 0) is 30.7 Å². The highest BCUT2D eigenvalue weighted by atomic mass is 16.2. The lowest BCUT2D eigenvalue weighted by atomic mass is 10.1. The summed E-state index contributed by atoms with van der Waals surface area (Å²) < 4.78 is 0. The molecule has 4 nitrogen and oxygen atoms in total. The summed E-state index contributed by atoms with van der Waals surface area (Å²) in [5.41, 5.74) is 7.63. The molecule has 16 heavy (non-hydrogen) atoms. The van der Waals surface area contributed by atoms with Crippen LogP contribution in [0.15, 0.2) is 24.3 Å². The number of benzene rings is 1. The fourth-order valence-corrected chi connectivity index (χ4v) is 1.29. The van der Waals surface area contributed by atoms with Gasteiger partial charge in [-0.25, -0.2) is 0 Å². The molecule has 0 heterocycles. The zero-order valence-corrected chi connectivity index (χ0v) is 9.86. The molecular weight excluding hydrogens is 202 g/mol. The Kier molecular flexibility index (Phi) is 4.79. The van der Waals surface area contributed by atoms with Crippen LogP contribution in [-0.2, 0) is 11.2 Å². The standard InChI is InChI=1S/C12H19N3O/c1-15(2)12(16)9-14-11-5-3-10(4-6-11)7-8-13/h3-6,14H,7-9,13H2,1-2H3. The summed E-state index contributed by atoms with van der Waals surface area (Å²) in [6.45, 7) is 0.981. The van der Waals surface area contributed by atoms with Gasteiger partial charge >= 0.3 is 0 Å². The van der Waals surface area contributed by atoms with Gasteiger partial charge in [0.1, 0.15) is 0 Å². The molecule has 0 aromatic heterocycles. The van der Waals surface area contributed by atoms with Crippen LogP contribution in [0.2, 0.25) is 0 Å². The number of nitrogens with one attached hydrogen (secondary N) is 1. The Balaban J connectivity index is 2.46. The second kappa shape index (κ2) is 6.12. The normalized spacial score (nSPS) is 9.94. The molecule has 1 aromatic rings. The van der Waals surface area contributed by atoms with Crippen molar-refractivity contribution in [1.82, 2.24) is 4.90 Å². The quantitative estimate of drug-likeness (QED) is 0.769. The second-order valence-corrected chi connectivity index (χ2v) is 3.88. The zero-order chi connectivity index (χ0) is 12.0. The Labute approximate surface area is 96.4 Å². The van der Waals surface area contributed by atoms with Gasteiger partial charge in [-0.2, -0.15) is 0 Å². The van der Waals surface area contributed by atoms with Crippen molar-refractivity contribution in [2.75, 3.05) is 32.5 Å². The Morgan fingerprint density at radius 2 is 1.94 bits per heavy atom. The number of amides is 1. The number of nitrogens with two attached hydrogens (primary N) is 1. The SMILES string of the molecule is CN(C)C(=O)CNc1ccc(CCN)cc1. The molecule has 4 heteroatoms. The van der Waals surface area contributed by atoms with Gasteiger partial charge in [-0.3, -0.25) is 4.79 Å². The first-order chi connectivity index (χ1) is 7.63. The molecule has 1 rings (SSSR count). The number of hydrogen-bond donors (Lipinski definition) is 2. The summed E-state index contributed by atoms with van der Waals surface area (Å²) in [6, 6.07) is 7.98. The Morgan fingerprint density at radius 3 is 2.44 bits per heavy atom. The van der Waals surface area contributed by atoms with Crippen molar-refractivity contribution >= 4 is 11.6 Å². The van der Waals surface area contributed by atoms with E-state index in [0.717, 1.165) is 12.1 Å². The molecule has 0 bridgehead atoms. The molecule has 0 aliphatic rings. The van der Waals surface area contributed by atoms with Crippen molar-refractivity contribution in [3.63, 3.8) is 0 Å². The predicted molar refractivity (Wildman–Crippen MR) is 66.4 cm³/mol. The van der Waals surface area contributed by atoms with Crippen molar-refractivity contribution in [2.45, 2.75) is 6.42 Å². The number of carbonyl (C=O) groups is 1. The third-order valence-corrected chi connectivity index (χ3v) is 2.33. The molecule has 0 spiro atoms. The average Bonchev–Trinajstić information content (AvgIpc) is 2.28. The number of carbonyl (C=O) groups excluding carboxylic acids is 1. The molecule has 0 fully saturated rings. The summed E-state index contributed by atoms with van der Waals surface area (Å²) in [7, 11) is 3.49. The van der Waals surface area contributed by atoms with Gasteiger partial charge in [0.05, 0.1) is 6.54 Å². The molecule has 1 aromatic carbocycles. The van der Waals surface area contributed by atoms with Gasteiger partial charge in [-0.15, -0.1) is 0 Å². The van der Waals surface area contributed by atoms with Crippen LogP contribution in [0.5, 0.6) is 0 Å². The van der Waals surface area contributed by atoms with Gasteiger partial charge in [0.15, 0.2) is 0 Å². The van der Waals surface area contributed by atoms with E-state index in [9.17, 15) is 4.79 Å². The first-order valence-electron chi connectivity index (χ1n) is 5.36. The van der Waals surface area contributed by atoms with E-state index in [-0.39, 0.29) is 5.91 Å². The van der Waals surface area contributed by atoms with E-state index in [1.165, 1.54) is 5.56 Å². The van der Waals surface area contributed by atoms with Crippen molar-refractivity contribution in [2.24, 2.45) is 5.73 Å². The Hall–Kier alpha value is -1.55. The highest BCUT2D eigenvalue weighted by molar-refractivity contribution is 5.80. The molecule has 1 amide bonds. The van der Waals surface area contributed by atoms with Gasteiger partial charge in [0, 0.05) is 19.8 Å². The van der Waals surface area contributed by atoms with Crippen molar-refractivity contribution in [3.8, 4) is 0 Å². The third kappa shape index (κ3) is 3.90. The summed E-state index contributed by atoms with van der Waals surface area (Å²) in [5, 5.41) is 3.07. The Morgan fingerprint density at radius 1 is 1.31 bits per heavy atom. The highest BCUT2D eigenvalue weighted by Gasteiger charge is 2.02. The number of rotatable bonds is 5. The van der Waals surface area contributed by atoms with E-state index in [0.29, 0.717) is 13.1 Å². The predicted octanol–water partition coefficient (Wildman–Crippen LogP) is 0.688. The maximum atomic E-state index is 11.3. The molecule has 0 aliphatic heterocycles. The van der Waals surface area contributed by atoms with E-state index in [1.54, 1.807) is 19.0 Å². The van der Waals surface area contributed by atoms with Gasteiger partial charge in [0.2, 0.25) is 5.91 Å². The number of likely N-dealkylation sites (N-methyl/N-ethyl adjacent to an activating group) is 1. The van der Waals surface area contributed by atoms with E-state index in [1.807, 2.05) is 24.3 Å². The maximum absolute atomic E-state index is 11.3. The second-order valence-electron chi connectivity index (χ2n) is 3.88. The smallest absolute Gasteiger partial charge is 0.241 e. The van der Waals surface area contributed by atoms with Crippen LogP contribution in [0.25, 0.3) is 0 Å². The summed E-state index contributed by atoms with van der Waals surface area (Å²) >= 11 is 0. The summed E-state index contributed by atoms with van der Waals surface area (Å²) in [5.74, 6) is 0.0611. The molecule has 88 valence electrons. The van der Waals surface area contributed by atoms with Gasteiger partial charge in [-0.1, -0.05) is 12.1 Å². The van der Waals surface area contributed by atoms with Gasteiger partial charge in [0.25, 0.3) is 0 Å². The third-order valence-electron chi connectivity index (χ3n) is 2.33. The summed E-state index contributed by atoms with van der Waals surface area (Å²) in [6.07, 6.45) is 0.886. The minimum Gasteiger partial charge on any atom is -0.376 e. The van der Waals surface area contributed by atoms with Crippen molar-refractivity contribution in [3.05, 3.63) is 29.8 Å². The molecule has 0 saturated heterocycles. The topological polar surface area (TPSA) is 58.4 Å². The molecule has 3 N–H and O–H groups in total. The fourth-order valence-electron chi connectivity index (χ4n) is 1.29. The number of anilines is 1. The zero-order valence-electron chi connectivity index (χ0n) is 9.86. The van der Waals surface area contributed by atoms with Crippen LogP contribution in [0.1, 0.15) is 5.56 Å². The first kappa shape index (κ1) is 12.5. The Bertz CT molecular complexity index is 333. The van der Waals surface area contributed by atoms with Crippen molar-refractivity contribution in [1.29, 1.82) is 0 Å². The monoisotopic (exact) mass is 221 g/mol. The molecule has 0 aliphatic carbocycles. The number of hydrogen-bond acceptors (Lipinski definition) is 3. The van der Waals surface area contributed by atoms with Crippen LogP contribution in [0.3, 0.4) is 0 Å². The minimum atomic E-state index is 0.0611. The lowest BCUT2D eigenvalue weighted by Crippen LogP contribution is -2.28. The fraction of sp³-hybridized carbons (Fsp3) is 0.417. The van der Waals surface area contributed by atoms with Crippen LogP contribution >= 0.6 is 0 Å². The van der Waals surface area contributed by atoms with E-state index in [4.69, 9.17) is 5.73 Å². The van der Waals surface area contributed by atoms with Gasteiger partial charge < -0.3 is 16.0 Å². The van der Waals surface area contributed by atoms with E-state index >= 15 is 0 Å². The lowest BCUT2D eigenvalue weighted by Gasteiger charge is -2.11. The van der Waals surface area contributed by atoms with Crippen LogP contribution in [0.4, 0.5) is 5.69 Å². The average molecular weight is 221 g/mol. The molecule has 0 unspecified atom stereocenters. The first-order valence-corrected chi connectivity index (χ1v) is 5.36. The minimum absolute atomic E-state index is 0.0611. The summed E-state index contributed by atoms with van der Waals surface area (Å²) in [4.78, 5) is 12.9. The molecule has 0 atom stereocenters. The largest absolute Gasteiger partial charge is 0.376 e. The highest BCUT2D eigenvalue weighted by Crippen LogP contribution is 2.09. The van der Waals surface area contributed by atoms with Crippen LogP contribution in [0, 0.1) is 0 Å². The molecular formula is C12H19N3O. The van der Waals surface area contributed by atoms with E-state index < -0.39 is 0 Å². The van der Waals surface area contributed by atoms with E-state index in [2.05, 4.69) is 5.32 Å². The maximum Gasteiger partial charge on any atom is 0.241 e. The number of nitrogens with zero attached hydrogens (tertiary/aromatic N) is 1. The lowest BCUT2D eigenvalue weighted by molar-refractivity contribution is -0.126. The molecule has 0 saturated carbocycles. The van der Waals surface area contributed by atoms with Crippen molar-refractivity contribution < 1.29 is 4.79 Å². The van der Waals surface area contributed by atoms with Crippen LogP contribution < -0.4 is 11.1 Å².